The van der Waals surface area contributed by atoms with E-state index in [2.05, 4.69) is 15.7 Å². The fourth-order valence-corrected chi connectivity index (χ4v) is 2.06. The second-order valence-corrected chi connectivity index (χ2v) is 4.52. The number of aromatic nitrogens is 2. The standard InChI is InChI=1S/C12H20N4O2/c1-3-16-8-10(7-13-16)15-12(17)14-9(2)11-5-4-6-18-11/h7-9,11H,3-6H2,1-2H3,(H2,14,15,17)/t9-,11-/m1/s1. The average molecular weight is 252 g/mol. The SMILES string of the molecule is CCn1cc(NC(=O)N[C@H](C)[C@H]2CCCO2)cn1. The quantitative estimate of drug-likeness (QED) is 0.855. The molecule has 6 heteroatoms. The lowest BCUT2D eigenvalue weighted by Gasteiger charge is -2.19. The highest BCUT2D eigenvalue weighted by Gasteiger charge is 2.23. The lowest BCUT2D eigenvalue weighted by molar-refractivity contribution is 0.0868. The van der Waals surface area contributed by atoms with Gasteiger partial charge in [0.25, 0.3) is 0 Å². The molecule has 0 bridgehead atoms. The van der Waals surface area contributed by atoms with E-state index in [9.17, 15) is 4.79 Å². The van der Waals surface area contributed by atoms with Crippen LogP contribution in [0.4, 0.5) is 10.5 Å². The van der Waals surface area contributed by atoms with Crippen molar-refractivity contribution >= 4 is 11.7 Å². The first-order valence-electron chi connectivity index (χ1n) is 6.40. The van der Waals surface area contributed by atoms with E-state index in [4.69, 9.17) is 4.74 Å². The molecule has 1 aromatic rings. The van der Waals surface area contributed by atoms with E-state index in [1.54, 1.807) is 17.1 Å². The van der Waals surface area contributed by atoms with Gasteiger partial charge < -0.3 is 15.4 Å². The first kappa shape index (κ1) is 12.9. The molecule has 2 heterocycles. The molecule has 0 aliphatic carbocycles. The first-order chi connectivity index (χ1) is 8.69. The minimum atomic E-state index is -0.214. The van der Waals surface area contributed by atoms with Gasteiger partial charge in [-0.05, 0) is 26.7 Å². The van der Waals surface area contributed by atoms with Crippen LogP contribution < -0.4 is 10.6 Å². The third-order valence-electron chi connectivity index (χ3n) is 3.10. The van der Waals surface area contributed by atoms with Crippen molar-refractivity contribution in [2.24, 2.45) is 0 Å². The summed E-state index contributed by atoms with van der Waals surface area (Å²) in [5.41, 5.74) is 0.703. The molecule has 6 nitrogen and oxygen atoms in total. The predicted octanol–water partition coefficient (Wildman–Crippen LogP) is 1.59. The normalized spacial score (nSPS) is 20.7. The van der Waals surface area contributed by atoms with E-state index in [-0.39, 0.29) is 18.2 Å². The summed E-state index contributed by atoms with van der Waals surface area (Å²) < 4.78 is 7.29. The first-order valence-corrected chi connectivity index (χ1v) is 6.40. The zero-order valence-electron chi connectivity index (χ0n) is 10.8. The Bertz CT molecular complexity index is 399. The molecule has 1 aliphatic rings. The van der Waals surface area contributed by atoms with Crippen molar-refractivity contribution in [1.29, 1.82) is 0 Å². The van der Waals surface area contributed by atoms with Crippen molar-refractivity contribution in [3.63, 3.8) is 0 Å². The van der Waals surface area contributed by atoms with E-state index in [1.165, 1.54) is 0 Å². The summed E-state index contributed by atoms with van der Waals surface area (Å²) >= 11 is 0. The highest BCUT2D eigenvalue weighted by Crippen LogP contribution is 2.15. The van der Waals surface area contributed by atoms with Crippen LogP contribution in [0.25, 0.3) is 0 Å². The number of nitrogens with zero attached hydrogens (tertiary/aromatic N) is 2. The predicted molar refractivity (Wildman–Crippen MR) is 68.5 cm³/mol. The Kier molecular flexibility index (Phi) is 4.19. The van der Waals surface area contributed by atoms with Gasteiger partial charge in [0.15, 0.2) is 0 Å². The fourth-order valence-electron chi connectivity index (χ4n) is 2.06. The zero-order valence-corrected chi connectivity index (χ0v) is 10.8. The largest absolute Gasteiger partial charge is 0.376 e. The zero-order chi connectivity index (χ0) is 13.0. The van der Waals surface area contributed by atoms with Gasteiger partial charge in [-0.15, -0.1) is 0 Å². The third kappa shape index (κ3) is 3.22. The van der Waals surface area contributed by atoms with Crippen LogP contribution in [0, 0.1) is 0 Å². The smallest absolute Gasteiger partial charge is 0.319 e. The minimum Gasteiger partial charge on any atom is -0.376 e. The van der Waals surface area contributed by atoms with Crippen molar-refractivity contribution in [1.82, 2.24) is 15.1 Å². The second kappa shape index (κ2) is 5.86. The molecule has 1 fully saturated rings. The van der Waals surface area contributed by atoms with E-state index in [1.807, 2.05) is 13.8 Å². The van der Waals surface area contributed by atoms with E-state index < -0.39 is 0 Å². The summed E-state index contributed by atoms with van der Waals surface area (Å²) in [6.07, 6.45) is 5.65. The molecular formula is C12H20N4O2. The Balaban J connectivity index is 1.80. The van der Waals surface area contributed by atoms with Crippen LogP contribution in [0.2, 0.25) is 0 Å². The molecule has 1 saturated heterocycles. The average Bonchev–Trinajstić information content (AvgIpc) is 2.98. The molecule has 18 heavy (non-hydrogen) atoms. The number of ether oxygens (including phenoxy) is 1. The molecule has 2 N–H and O–H groups in total. The number of rotatable bonds is 4. The van der Waals surface area contributed by atoms with Crippen LogP contribution in [0.5, 0.6) is 0 Å². The molecule has 0 aromatic carbocycles. The summed E-state index contributed by atoms with van der Waals surface area (Å²) in [6.45, 7) is 5.54. The summed E-state index contributed by atoms with van der Waals surface area (Å²) in [4.78, 5) is 11.8. The molecule has 100 valence electrons. The molecule has 0 radical (unpaired) electrons. The van der Waals surface area contributed by atoms with Crippen LogP contribution in [-0.2, 0) is 11.3 Å². The maximum absolute atomic E-state index is 11.8. The number of nitrogens with one attached hydrogen (secondary N) is 2. The number of hydrogen-bond donors (Lipinski definition) is 2. The molecule has 0 spiro atoms. The Labute approximate surface area is 107 Å². The van der Waals surface area contributed by atoms with Gasteiger partial charge in [-0.1, -0.05) is 0 Å². The number of carbonyl (C=O) groups excluding carboxylic acids is 1. The second-order valence-electron chi connectivity index (χ2n) is 4.52. The number of aryl methyl sites for hydroxylation is 1. The monoisotopic (exact) mass is 252 g/mol. The molecule has 2 amide bonds. The molecule has 2 atom stereocenters. The highest BCUT2D eigenvalue weighted by molar-refractivity contribution is 5.89. The number of amides is 2. The van der Waals surface area contributed by atoms with Crippen LogP contribution in [0.3, 0.4) is 0 Å². The fraction of sp³-hybridized carbons (Fsp3) is 0.667. The Morgan fingerprint density at radius 2 is 2.56 bits per heavy atom. The Morgan fingerprint density at radius 1 is 1.72 bits per heavy atom. The molecular weight excluding hydrogens is 232 g/mol. The minimum absolute atomic E-state index is 0.0220. The van der Waals surface area contributed by atoms with Gasteiger partial charge in [0.05, 0.1) is 24.0 Å². The van der Waals surface area contributed by atoms with Gasteiger partial charge in [-0.25, -0.2) is 4.79 Å². The maximum atomic E-state index is 11.8. The number of urea groups is 1. The summed E-state index contributed by atoms with van der Waals surface area (Å²) in [5.74, 6) is 0. The van der Waals surface area contributed by atoms with Crippen LogP contribution in [0.1, 0.15) is 26.7 Å². The van der Waals surface area contributed by atoms with E-state index >= 15 is 0 Å². The van der Waals surface area contributed by atoms with Crippen LogP contribution >= 0.6 is 0 Å². The number of anilines is 1. The molecule has 1 aliphatic heterocycles. The van der Waals surface area contributed by atoms with Crippen molar-refractivity contribution in [2.45, 2.75) is 45.4 Å². The van der Waals surface area contributed by atoms with Gasteiger partial charge in [0.2, 0.25) is 0 Å². The third-order valence-corrected chi connectivity index (χ3v) is 3.10. The summed E-state index contributed by atoms with van der Waals surface area (Å²) in [7, 11) is 0. The Hall–Kier alpha value is -1.56. The lowest BCUT2D eigenvalue weighted by Crippen LogP contribution is -2.42. The van der Waals surface area contributed by atoms with Crippen LogP contribution in [0.15, 0.2) is 12.4 Å². The van der Waals surface area contributed by atoms with E-state index in [0.29, 0.717) is 5.69 Å². The van der Waals surface area contributed by atoms with Crippen molar-refractivity contribution in [3.8, 4) is 0 Å². The van der Waals surface area contributed by atoms with Crippen molar-refractivity contribution < 1.29 is 9.53 Å². The maximum Gasteiger partial charge on any atom is 0.319 e. The molecule has 1 aromatic heterocycles. The highest BCUT2D eigenvalue weighted by atomic mass is 16.5. The van der Waals surface area contributed by atoms with Crippen LogP contribution in [-0.4, -0.2) is 34.6 Å². The lowest BCUT2D eigenvalue weighted by atomic mass is 10.1. The van der Waals surface area contributed by atoms with Gasteiger partial charge in [0.1, 0.15) is 0 Å². The van der Waals surface area contributed by atoms with E-state index in [0.717, 1.165) is 26.0 Å². The molecule has 0 unspecified atom stereocenters. The van der Waals surface area contributed by atoms with Gasteiger partial charge >= 0.3 is 6.03 Å². The number of hydrogen-bond acceptors (Lipinski definition) is 3. The summed E-state index contributed by atoms with van der Waals surface area (Å²) in [5, 5.41) is 9.74. The van der Waals surface area contributed by atoms with Gasteiger partial charge in [0, 0.05) is 19.3 Å². The van der Waals surface area contributed by atoms with Crippen molar-refractivity contribution in [2.75, 3.05) is 11.9 Å². The Morgan fingerprint density at radius 3 is 3.17 bits per heavy atom. The van der Waals surface area contributed by atoms with Gasteiger partial charge in [-0.3, -0.25) is 4.68 Å². The summed E-state index contributed by atoms with van der Waals surface area (Å²) in [6, 6.07) is -0.192. The van der Waals surface area contributed by atoms with Crippen molar-refractivity contribution in [3.05, 3.63) is 12.4 Å². The van der Waals surface area contributed by atoms with Gasteiger partial charge in [-0.2, -0.15) is 5.10 Å². The molecule has 0 saturated carbocycles. The molecule has 2 rings (SSSR count). The topological polar surface area (TPSA) is 68.2 Å². The number of carbonyl (C=O) groups is 1.